The zero-order chi connectivity index (χ0) is 20.8. The van der Waals surface area contributed by atoms with E-state index in [1.54, 1.807) is 6.92 Å². The lowest BCUT2D eigenvalue weighted by Gasteiger charge is -2.38. The Labute approximate surface area is 155 Å². The van der Waals surface area contributed by atoms with Crippen LogP contribution in [0.3, 0.4) is 0 Å². The molecule has 1 saturated heterocycles. The van der Waals surface area contributed by atoms with E-state index in [-0.39, 0.29) is 13.2 Å². The molecule has 3 unspecified atom stereocenters. The minimum absolute atomic E-state index is 0.0853. The number of carboxylic acid groups (broad SMARTS) is 1. The number of ether oxygens (including phenoxy) is 3. The lowest BCUT2D eigenvalue weighted by atomic mass is 9.87. The van der Waals surface area contributed by atoms with Gasteiger partial charge in [0, 0.05) is 5.41 Å². The lowest BCUT2D eigenvalue weighted by Crippen LogP contribution is -2.64. The summed E-state index contributed by atoms with van der Waals surface area (Å²) in [6, 6.07) is 0. The molecule has 0 aromatic rings. The Morgan fingerprint density at radius 3 is 2.22 bits per heavy atom. The standard InChI is InChI=1S/C15H26N2O10/c1-3-4-15(2,5-25-13(16)23)6-26-14(24)17-11-9(20)7(18)8(19)10(27-11)12(21)22/h7-11,18-20H,3-6H2,1-2H3,(H2,16,23)(H,17,24)(H,21,22)/t7-,8-,9?,10?,11+,15?/m0/s1. The fourth-order valence-corrected chi connectivity index (χ4v) is 2.64. The van der Waals surface area contributed by atoms with Crippen molar-refractivity contribution in [2.45, 2.75) is 57.3 Å². The van der Waals surface area contributed by atoms with Crippen molar-refractivity contribution in [3.63, 3.8) is 0 Å². The number of nitrogens with one attached hydrogen (secondary N) is 1. The summed E-state index contributed by atoms with van der Waals surface area (Å²) in [7, 11) is 0. The predicted octanol–water partition coefficient (Wildman–Crippen LogP) is -1.49. The molecule has 0 bridgehead atoms. The van der Waals surface area contributed by atoms with E-state index in [0.717, 1.165) is 0 Å². The molecular weight excluding hydrogens is 368 g/mol. The number of rotatable bonds is 8. The number of carboxylic acids is 1. The van der Waals surface area contributed by atoms with Gasteiger partial charge in [-0.05, 0) is 6.42 Å². The van der Waals surface area contributed by atoms with Crippen LogP contribution in [0.2, 0.25) is 0 Å². The van der Waals surface area contributed by atoms with Crippen LogP contribution in [0.15, 0.2) is 0 Å². The molecular formula is C15H26N2O10. The maximum Gasteiger partial charge on any atom is 0.409 e. The summed E-state index contributed by atoms with van der Waals surface area (Å²) in [6.45, 7) is 3.33. The lowest BCUT2D eigenvalue weighted by molar-refractivity contribution is -0.232. The predicted molar refractivity (Wildman–Crippen MR) is 87.4 cm³/mol. The first-order valence-electron chi connectivity index (χ1n) is 8.28. The molecule has 0 radical (unpaired) electrons. The Morgan fingerprint density at radius 2 is 1.70 bits per heavy atom. The molecule has 6 atom stereocenters. The van der Waals surface area contributed by atoms with Gasteiger partial charge in [0.25, 0.3) is 0 Å². The highest BCUT2D eigenvalue weighted by molar-refractivity contribution is 5.73. The number of primary amides is 1. The van der Waals surface area contributed by atoms with Crippen LogP contribution in [0, 0.1) is 5.41 Å². The van der Waals surface area contributed by atoms with E-state index < -0.39 is 54.2 Å². The van der Waals surface area contributed by atoms with Gasteiger partial charge in [-0.1, -0.05) is 20.3 Å². The number of alkyl carbamates (subject to hydrolysis) is 1. The number of aliphatic hydroxyl groups excluding tert-OH is 3. The third-order valence-electron chi connectivity index (χ3n) is 4.09. The molecule has 7 N–H and O–H groups in total. The normalized spacial score (nSPS) is 30.0. The van der Waals surface area contributed by atoms with Gasteiger partial charge in [-0.2, -0.15) is 0 Å². The first-order chi connectivity index (χ1) is 12.5. The summed E-state index contributed by atoms with van der Waals surface area (Å²) in [6.07, 6.45) is -9.73. The van der Waals surface area contributed by atoms with Gasteiger partial charge >= 0.3 is 18.2 Å². The highest BCUT2D eigenvalue weighted by Gasteiger charge is 2.47. The number of aliphatic hydroxyl groups is 3. The minimum Gasteiger partial charge on any atom is -0.479 e. The summed E-state index contributed by atoms with van der Waals surface area (Å²) >= 11 is 0. The van der Waals surface area contributed by atoms with Crippen LogP contribution in [-0.4, -0.2) is 82.4 Å². The van der Waals surface area contributed by atoms with Crippen LogP contribution >= 0.6 is 0 Å². The van der Waals surface area contributed by atoms with Gasteiger partial charge in [-0.15, -0.1) is 0 Å². The summed E-state index contributed by atoms with van der Waals surface area (Å²) in [5, 5.41) is 40.2. The van der Waals surface area contributed by atoms with Gasteiger partial charge in [-0.3, -0.25) is 5.32 Å². The SMILES string of the molecule is CCCC(C)(COC(N)=O)COC(=O)N[C@@H]1OC(C(=O)O)[C@@H](O)[C@H](O)C1O. The molecule has 12 heteroatoms. The Morgan fingerprint density at radius 1 is 1.11 bits per heavy atom. The Kier molecular flexibility index (Phi) is 8.21. The Bertz CT molecular complexity index is 545. The van der Waals surface area contributed by atoms with Crippen molar-refractivity contribution in [2.75, 3.05) is 13.2 Å². The zero-order valence-electron chi connectivity index (χ0n) is 15.0. The van der Waals surface area contributed by atoms with E-state index >= 15 is 0 Å². The van der Waals surface area contributed by atoms with Crippen LogP contribution < -0.4 is 11.1 Å². The van der Waals surface area contributed by atoms with Crippen molar-refractivity contribution in [2.24, 2.45) is 11.1 Å². The molecule has 12 nitrogen and oxygen atoms in total. The third-order valence-corrected chi connectivity index (χ3v) is 4.09. The van der Waals surface area contributed by atoms with E-state index in [1.165, 1.54) is 0 Å². The molecule has 27 heavy (non-hydrogen) atoms. The van der Waals surface area contributed by atoms with Crippen molar-refractivity contribution >= 4 is 18.2 Å². The number of carbonyl (C=O) groups is 3. The van der Waals surface area contributed by atoms with Crippen molar-refractivity contribution in [3.8, 4) is 0 Å². The second-order valence-corrected chi connectivity index (χ2v) is 6.68. The van der Waals surface area contributed by atoms with E-state index in [9.17, 15) is 29.7 Å². The number of carbonyl (C=O) groups excluding carboxylic acids is 2. The number of aliphatic carboxylic acids is 1. The molecule has 0 aromatic heterocycles. The van der Waals surface area contributed by atoms with Crippen LogP contribution in [-0.2, 0) is 19.0 Å². The number of hydrogen-bond acceptors (Lipinski definition) is 9. The summed E-state index contributed by atoms with van der Waals surface area (Å²) in [5.74, 6) is -1.58. The fourth-order valence-electron chi connectivity index (χ4n) is 2.64. The molecule has 1 rings (SSSR count). The second-order valence-electron chi connectivity index (χ2n) is 6.68. The van der Waals surface area contributed by atoms with Crippen LogP contribution in [0.5, 0.6) is 0 Å². The maximum atomic E-state index is 12.0. The van der Waals surface area contributed by atoms with Gasteiger partial charge in [0.2, 0.25) is 0 Å². The largest absolute Gasteiger partial charge is 0.479 e. The fraction of sp³-hybridized carbons (Fsp3) is 0.800. The third kappa shape index (κ3) is 6.50. The van der Waals surface area contributed by atoms with Crippen molar-refractivity contribution in [1.82, 2.24) is 5.32 Å². The molecule has 2 amide bonds. The molecule has 0 aliphatic carbocycles. The average molecular weight is 394 g/mol. The second kappa shape index (κ2) is 9.69. The molecule has 1 aliphatic heterocycles. The van der Waals surface area contributed by atoms with Gasteiger partial charge in [0.1, 0.15) is 31.5 Å². The van der Waals surface area contributed by atoms with Crippen molar-refractivity contribution < 1.29 is 49.0 Å². The van der Waals surface area contributed by atoms with Crippen molar-refractivity contribution in [3.05, 3.63) is 0 Å². The van der Waals surface area contributed by atoms with Crippen LogP contribution in [0.1, 0.15) is 26.7 Å². The maximum absolute atomic E-state index is 12.0. The number of nitrogens with two attached hydrogens (primary N) is 1. The number of amides is 2. The van der Waals surface area contributed by atoms with E-state index in [4.69, 9.17) is 25.1 Å². The first kappa shape index (κ1) is 22.9. The van der Waals surface area contributed by atoms with Crippen molar-refractivity contribution in [1.29, 1.82) is 0 Å². The molecule has 0 saturated carbocycles. The van der Waals surface area contributed by atoms with Gasteiger partial charge < -0.3 is 40.4 Å². The highest BCUT2D eigenvalue weighted by Crippen LogP contribution is 2.25. The van der Waals surface area contributed by atoms with E-state index in [1.807, 2.05) is 6.92 Å². The Balaban J connectivity index is 2.66. The molecule has 156 valence electrons. The molecule has 0 spiro atoms. The highest BCUT2D eigenvalue weighted by atomic mass is 16.6. The van der Waals surface area contributed by atoms with Crippen LogP contribution in [0.4, 0.5) is 9.59 Å². The van der Waals surface area contributed by atoms with Gasteiger partial charge in [-0.25, -0.2) is 14.4 Å². The molecule has 1 fully saturated rings. The van der Waals surface area contributed by atoms with Gasteiger partial charge in [0.15, 0.2) is 12.3 Å². The first-order valence-corrected chi connectivity index (χ1v) is 8.28. The molecule has 0 aromatic carbocycles. The quantitative estimate of drug-likeness (QED) is 0.282. The Hall–Kier alpha value is -2.15. The monoisotopic (exact) mass is 394 g/mol. The molecule has 1 heterocycles. The van der Waals surface area contributed by atoms with E-state index in [2.05, 4.69) is 5.32 Å². The molecule has 1 aliphatic rings. The summed E-state index contributed by atoms with van der Waals surface area (Å²) in [4.78, 5) is 33.8. The minimum atomic E-state index is -1.87. The van der Waals surface area contributed by atoms with Gasteiger partial charge in [0.05, 0.1) is 0 Å². The van der Waals surface area contributed by atoms with Crippen LogP contribution in [0.25, 0.3) is 0 Å². The summed E-state index contributed by atoms with van der Waals surface area (Å²) in [5.41, 5.74) is 4.22. The summed E-state index contributed by atoms with van der Waals surface area (Å²) < 4.78 is 14.7. The van der Waals surface area contributed by atoms with E-state index in [0.29, 0.717) is 12.8 Å². The smallest absolute Gasteiger partial charge is 0.409 e. The average Bonchev–Trinajstić information content (AvgIpc) is 2.59. The number of hydrogen-bond donors (Lipinski definition) is 6. The topological polar surface area (TPSA) is 198 Å². The zero-order valence-corrected chi connectivity index (χ0v) is 15.0.